The number of rotatable bonds is 1. The second-order valence-corrected chi connectivity index (χ2v) is 4.00. The molecule has 1 aliphatic heterocycles. The van der Waals surface area contributed by atoms with E-state index in [4.69, 9.17) is 21.1 Å². The third-order valence-electron chi connectivity index (χ3n) is 2.49. The monoisotopic (exact) mass is 228 g/mol. The lowest BCUT2D eigenvalue weighted by Crippen LogP contribution is -2.17. The maximum absolute atomic E-state index is 9.61. The topological polar surface area (TPSA) is 38.7 Å². The number of benzene rings is 1. The minimum Gasteiger partial charge on any atom is -0.486 e. The fraction of sp³-hybridized carbons (Fsp3) is 0.455. The third-order valence-corrected chi connectivity index (χ3v) is 2.80. The lowest BCUT2D eigenvalue weighted by Gasteiger charge is -2.23. The van der Waals surface area contributed by atoms with Gasteiger partial charge in [-0.2, -0.15) is 0 Å². The van der Waals surface area contributed by atoms with Crippen LogP contribution in [0.1, 0.15) is 24.2 Å². The fourth-order valence-electron chi connectivity index (χ4n) is 1.84. The number of aliphatic hydroxyl groups excluding tert-OH is 1. The van der Waals surface area contributed by atoms with E-state index in [1.807, 2.05) is 6.92 Å². The first-order chi connectivity index (χ1) is 7.11. The fourth-order valence-corrected chi connectivity index (χ4v) is 2.24. The van der Waals surface area contributed by atoms with Crippen LogP contribution in [-0.4, -0.2) is 18.3 Å². The summed E-state index contributed by atoms with van der Waals surface area (Å²) in [5.74, 6) is 1.36. The molecule has 1 N–H and O–H groups in total. The van der Waals surface area contributed by atoms with Gasteiger partial charge in [-0.25, -0.2) is 0 Å². The third kappa shape index (κ3) is 1.77. The van der Waals surface area contributed by atoms with E-state index in [2.05, 4.69) is 0 Å². The molecule has 0 saturated carbocycles. The predicted molar refractivity (Wildman–Crippen MR) is 57.8 cm³/mol. The van der Waals surface area contributed by atoms with Gasteiger partial charge in [-0.3, -0.25) is 0 Å². The van der Waals surface area contributed by atoms with Crippen LogP contribution in [-0.2, 0) is 0 Å². The van der Waals surface area contributed by atoms with Gasteiger partial charge >= 0.3 is 0 Å². The molecule has 1 aliphatic rings. The molecule has 0 aromatic heterocycles. The average Bonchev–Trinajstić information content (AvgIpc) is 2.17. The molecule has 1 aromatic rings. The summed E-state index contributed by atoms with van der Waals surface area (Å²) in [5, 5.41) is 10.1. The summed E-state index contributed by atoms with van der Waals surface area (Å²) in [6.07, 6.45) is -0.603. The zero-order valence-electron chi connectivity index (χ0n) is 8.71. The number of hydrogen-bond acceptors (Lipinski definition) is 3. The summed E-state index contributed by atoms with van der Waals surface area (Å²) < 4.78 is 10.9. The van der Waals surface area contributed by atoms with Gasteiger partial charge in [-0.1, -0.05) is 11.6 Å². The van der Waals surface area contributed by atoms with E-state index in [0.29, 0.717) is 35.3 Å². The highest BCUT2D eigenvalue weighted by Crippen LogP contribution is 2.41. The molecule has 0 fully saturated rings. The minimum atomic E-state index is -0.603. The summed E-state index contributed by atoms with van der Waals surface area (Å²) >= 11 is 6.07. The minimum absolute atomic E-state index is 0.520. The van der Waals surface area contributed by atoms with Crippen molar-refractivity contribution in [3.8, 4) is 11.5 Å². The van der Waals surface area contributed by atoms with Crippen molar-refractivity contribution in [1.82, 2.24) is 0 Å². The van der Waals surface area contributed by atoms with Crippen LogP contribution in [0, 0.1) is 6.92 Å². The van der Waals surface area contributed by atoms with Crippen molar-refractivity contribution in [2.24, 2.45) is 0 Å². The molecule has 0 spiro atoms. The summed E-state index contributed by atoms with van der Waals surface area (Å²) in [7, 11) is 0. The van der Waals surface area contributed by atoms with Gasteiger partial charge in [0.2, 0.25) is 0 Å². The summed E-state index contributed by atoms with van der Waals surface area (Å²) in [5.41, 5.74) is 1.56. The van der Waals surface area contributed by atoms with Gasteiger partial charge in [-0.15, -0.1) is 0 Å². The first kappa shape index (κ1) is 10.6. The Morgan fingerprint density at radius 2 is 2.07 bits per heavy atom. The van der Waals surface area contributed by atoms with Crippen LogP contribution >= 0.6 is 11.6 Å². The number of fused-ring (bicyclic) bond motifs is 1. The molecule has 0 saturated heterocycles. The Morgan fingerprint density at radius 1 is 1.40 bits per heavy atom. The van der Waals surface area contributed by atoms with E-state index in [-0.39, 0.29) is 0 Å². The maximum Gasteiger partial charge on any atom is 0.164 e. The van der Waals surface area contributed by atoms with Gasteiger partial charge in [0.1, 0.15) is 13.2 Å². The standard InChI is InChI=1S/C11H13ClO3/c1-6-10(7(2)13)8(12)5-9-11(6)15-4-3-14-9/h5,7,13H,3-4H2,1-2H3. The van der Waals surface area contributed by atoms with E-state index in [1.165, 1.54) is 0 Å². The van der Waals surface area contributed by atoms with E-state index < -0.39 is 6.10 Å². The zero-order chi connectivity index (χ0) is 11.0. The van der Waals surface area contributed by atoms with E-state index in [9.17, 15) is 5.11 Å². The van der Waals surface area contributed by atoms with Gasteiger partial charge in [-0.05, 0) is 13.8 Å². The number of aliphatic hydroxyl groups is 1. The molecule has 1 unspecified atom stereocenters. The van der Waals surface area contributed by atoms with Crippen LogP contribution < -0.4 is 9.47 Å². The number of hydrogen-bond donors (Lipinski definition) is 1. The molecule has 0 amide bonds. The Hall–Kier alpha value is -0.930. The van der Waals surface area contributed by atoms with Crippen molar-refractivity contribution in [1.29, 1.82) is 0 Å². The van der Waals surface area contributed by atoms with Crippen molar-refractivity contribution in [3.05, 3.63) is 22.2 Å². The number of halogens is 1. The van der Waals surface area contributed by atoms with Crippen LogP contribution in [0.25, 0.3) is 0 Å². The van der Waals surface area contributed by atoms with E-state index in [0.717, 1.165) is 5.56 Å². The van der Waals surface area contributed by atoms with Gasteiger partial charge in [0.15, 0.2) is 11.5 Å². The molecule has 0 aliphatic carbocycles. The Morgan fingerprint density at radius 3 is 2.73 bits per heavy atom. The Balaban J connectivity index is 2.59. The van der Waals surface area contributed by atoms with E-state index in [1.54, 1.807) is 13.0 Å². The van der Waals surface area contributed by atoms with E-state index >= 15 is 0 Å². The highest BCUT2D eigenvalue weighted by atomic mass is 35.5. The summed E-state index contributed by atoms with van der Waals surface area (Å²) in [6.45, 7) is 4.64. The lowest BCUT2D eigenvalue weighted by atomic mass is 10.0. The zero-order valence-corrected chi connectivity index (χ0v) is 9.47. The van der Waals surface area contributed by atoms with Gasteiger partial charge < -0.3 is 14.6 Å². The Labute approximate surface area is 93.6 Å². The van der Waals surface area contributed by atoms with Gasteiger partial charge in [0, 0.05) is 17.2 Å². The molecular formula is C11H13ClO3. The van der Waals surface area contributed by atoms with Crippen LogP contribution in [0.5, 0.6) is 11.5 Å². The van der Waals surface area contributed by atoms with Crippen LogP contribution in [0.4, 0.5) is 0 Å². The molecule has 4 heteroatoms. The van der Waals surface area contributed by atoms with Crippen molar-refractivity contribution in [2.75, 3.05) is 13.2 Å². The Kier molecular flexibility index (Phi) is 2.76. The predicted octanol–water partition coefficient (Wildman–Crippen LogP) is 2.47. The molecule has 1 heterocycles. The Bertz CT molecular complexity index is 388. The second-order valence-electron chi connectivity index (χ2n) is 3.60. The SMILES string of the molecule is Cc1c2c(cc(Cl)c1C(C)O)OCCO2. The highest BCUT2D eigenvalue weighted by molar-refractivity contribution is 6.31. The smallest absolute Gasteiger partial charge is 0.164 e. The van der Waals surface area contributed by atoms with Crippen molar-refractivity contribution in [3.63, 3.8) is 0 Å². The second kappa shape index (κ2) is 3.91. The molecule has 0 bridgehead atoms. The quantitative estimate of drug-likeness (QED) is 0.803. The molecule has 2 rings (SSSR count). The summed E-state index contributed by atoms with van der Waals surface area (Å²) in [6, 6.07) is 1.70. The van der Waals surface area contributed by atoms with Gasteiger partial charge in [0.05, 0.1) is 11.1 Å². The molecular weight excluding hydrogens is 216 g/mol. The van der Waals surface area contributed by atoms with Crippen molar-refractivity contribution >= 4 is 11.6 Å². The molecule has 15 heavy (non-hydrogen) atoms. The summed E-state index contributed by atoms with van der Waals surface area (Å²) in [4.78, 5) is 0. The van der Waals surface area contributed by atoms with Gasteiger partial charge in [0.25, 0.3) is 0 Å². The molecule has 1 atom stereocenters. The normalized spacial score (nSPS) is 16.3. The van der Waals surface area contributed by atoms with Crippen molar-refractivity contribution in [2.45, 2.75) is 20.0 Å². The van der Waals surface area contributed by atoms with Crippen LogP contribution in [0.2, 0.25) is 5.02 Å². The first-order valence-electron chi connectivity index (χ1n) is 4.88. The number of ether oxygens (including phenoxy) is 2. The lowest BCUT2D eigenvalue weighted by molar-refractivity contribution is 0.167. The largest absolute Gasteiger partial charge is 0.486 e. The molecule has 0 radical (unpaired) electrons. The van der Waals surface area contributed by atoms with Crippen LogP contribution in [0.3, 0.4) is 0 Å². The molecule has 3 nitrogen and oxygen atoms in total. The first-order valence-corrected chi connectivity index (χ1v) is 5.25. The van der Waals surface area contributed by atoms with Crippen molar-refractivity contribution < 1.29 is 14.6 Å². The van der Waals surface area contributed by atoms with Crippen LogP contribution in [0.15, 0.2) is 6.07 Å². The highest BCUT2D eigenvalue weighted by Gasteiger charge is 2.21. The average molecular weight is 229 g/mol. The molecule has 82 valence electrons. The molecule has 1 aromatic carbocycles. The maximum atomic E-state index is 9.61.